The summed E-state index contributed by atoms with van der Waals surface area (Å²) in [4.78, 5) is 17.7. The highest BCUT2D eigenvalue weighted by Crippen LogP contribution is 2.18. The summed E-state index contributed by atoms with van der Waals surface area (Å²) in [6, 6.07) is 2.48. The first-order chi connectivity index (χ1) is 10.8. The van der Waals surface area contributed by atoms with Crippen molar-refractivity contribution >= 4 is 5.82 Å². The van der Waals surface area contributed by atoms with Crippen molar-refractivity contribution in [3.63, 3.8) is 0 Å². The summed E-state index contributed by atoms with van der Waals surface area (Å²) in [5.41, 5.74) is 1.76. The first kappa shape index (κ1) is 14.8. The molecule has 0 aliphatic carbocycles. The smallest absolute Gasteiger partial charge is 0.182 e. The predicted octanol–water partition coefficient (Wildman–Crippen LogP) is 2.05. The van der Waals surface area contributed by atoms with Crippen molar-refractivity contribution in [2.45, 2.75) is 38.6 Å². The zero-order valence-electron chi connectivity index (χ0n) is 12.9. The van der Waals surface area contributed by atoms with Gasteiger partial charge in [-0.25, -0.2) is 15.0 Å². The molecule has 0 aromatic carbocycles. The van der Waals surface area contributed by atoms with Gasteiger partial charge in [0.15, 0.2) is 5.82 Å². The third-order valence-electron chi connectivity index (χ3n) is 3.73. The minimum absolute atomic E-state index is 0.424. The molecule has 6 heteroatoms. The molecule has 6 nitrogen and oxygen atoms in total. The van der Waals surface area contributed by atoms with Crippen LogP contribution in [0.4, 0.5) is 5.82 Å². The fraction of sp³-hybridized carbons (Fsp3) is 0.500. The van der Waals surface area contributed by atoms with Crippen LogP contribution < -0.4 is 10.6 Å². The maximum Gasteiger partial charge on any atom is 0.182 e. The first-order valence-corrected chi connectivity index (χ1v) is 7.96. The van der Waals surface area contributed by atoms with E-state index in [4.69, 9.17) is 0 Å². The second kappa shape index (κ2) is 7.26. The standard InChI is InChI=1S/C16H22N6/c1-2-4-12-9-15(20-13-5-3-6-17-10-13)22-16(21-12)14-11-18-7-8-19-14/h7-9,11,13,17H,2-6,10H2,1H3,(H,20,21,22). The summed E-state index contributed by atoms with van der Waals surface area (Å²) in [7, 11) is 0. The number of hydrogen-bond donors (Lipinski definition) is 2. The quantitative estimate of drug-likeness (QED) is 0.880. The van der Waals surface area contributed by atoms with Crippen LogP contribution in [0.1, 0.15) is 31.9 Å². The van der Waals surface area contributed by atoms with Crippen LogP contribution in [-0.2, 0) is 6.42 Å². The second-order valence-electron chi connectivity index (χ2n) is 5.60. The maximum atomic E-state index is 4.63. The van der Waals surface area contributed by atoms with Gasteiger partial charge in [0.25, 0.3) is 0 Å². The molecule has 0 spiro atoms. The van der Waals surface area contributed by atoms with Gasteiger partial charge in [-0.05, 0) is 25.8 Å². The minimum Gasteiger partial charge on any atom is -0.366 e. The molecule has 2 N–H and O–H groups in total. The van der Waals surface area contributed by atoms with Crippen LogP contribution in [0.3, 0.4) is 0 Å². The molecule has 1 aliphatic rings. The van der Waals surface area contributed by atoms with Gasteiger partial charge >= 0.3 is 0 Å². The topological polar surface area (TPSA) is 75.6 Å². The molecule has 1 atom stereocenters. The van der Waals surface area contributed by atoms with E-state index in [1.54, 1.807) is 18.6 Å². The van der Waals surface area contributed by atoms with Crippen LogP contribution in [-0.4, -0.2) is 39.1 Å². The van der Waals surface area contributed by atoms with Gasteiger partial charge < -0.3 is 10.6 Å². The summed E-state index contributed by atoms with van der Waals surface area (Å²) >= 11 is 0. The van der Waals surface area contributed by atoms with Gasteiger partial charge in [-0.2, -0.15) is 0 Å². The van der Waals surface area contributed by atoms with Crippen molar-refractivity contribution < 1.29 is 0 Å². The first-order valence-electron chi connectivity index (χ1n) is 7.96. The lowest BCUT2D eigenvalue weighted by Gasteiger charge is -2.24. The number of hydrogen-bond acceptors (Lipinski definition) is 6. The number of aromatic nitrogens is 4. The van der Waals surface area contributed by atoms with Crippen LogP contribution >= 0.6 is 0 Å². The second-order valence-corrected chi connectivity index (χ2v) is 5.60. The normalized spacial score (nSPS) is 18.1. The summed E-state index contributed by atoms with van der Waals surface area (Å²) in [5.74, 6) is 1.53. The van der Waals surface area contributed by atoms with Crippen LogP contribution in [0.2, 0.25) is 0 Å². The third-order valence-corrected chi connectivity index (χ3v) is 3.73. The maximum absolute atomic E-state index is 4.63. The van der Waals surface area contributed by atoms with Crippen molar-refractivity contribution in [1.29, 1.82) is 0 Å². The summed E-state index contributed by atoms with van der Waals surface area (Å²) in [6.07, 6.45) is 9.39. The molecule has 1 aliphatic heterocycles. The zero-order valence-corrected chi connectivity index (χ0v) is 12.9. The Labute approximate surface area is 130 Å². The van der Waals surface area contributed by atoms with Crippen molar-refractivity contribution in [2.24, 2.45) is 0 Å². The van der Waals surface area contributed by atoms with Gasteiger partial charge in [0.1, 0.15) is 11.5 Å². The van der Waals surface area contributed by atoms with Crippen LogP contribution in [0.25, 0.3) is 11.5 Å². The lowest BCUT2D eigenvalue weighted by molar-refractivity contribution is 0.479. The Morgan fingerprint density at radius 1 is 1.32 bits per heavy atom. The van der Waals surface area contributed by atoms with E-state index in [0.717, 1.165) is 37.4 Å². The molecule has 3 rings (SSSR count). The largest absolute Gasteiger partial charge is 0.366 e. The van der Waals surface area contributed by atoms with E-state index in [9.17, 15) is 0 Å². The van der Waals surface area contributed by atoms with Crippen molar-refractivity contribution in [2.75, 3.05) is 18.4 Å². The molecule has 0 radical (unpaired) electrons. The summed E-state index contributed by atoms with van der Waals surface area (Å²) in [5, 5.41) is 6.94. The highest BCUT2D eigenvalue weighted by molar-refractivity contribution is 5.52. The Hall–Kier alpha value is -2.08. The van der Waals surface area contributed by atoms with Crippen LogP contribution in [0, 0.1) is 0 Å². The van der Waals surface area contributed by atoms with Gasteiger partial charge in [-0.15, -0.1) is 0 Å². The fourth-order valence-corrected chi connectivity index (χ4v) is 2.67. The Kier molecular flexibility index (Phi) is 4.90. The highest BCUT2D eigenvalue weighted by atomic mass is 15.1. The SMILES string of the molecule is CCCc1cc(NC2CCCNC2)nc(-c2cnccn2)n1. The van der Waals surface area contributed by atoms with Gasteiger partial charge in [0, 0.05) is 36.7 Å². The number of piperidine rings is 1. The molecule has 0 saturated carbocycles. The number of nitrogens with zero attached hydrogens (tertiary/aromatic N) is 4. The molecule has 22 heavy (non-hydrogen) atoms. The van der Waals surface area contributed by atoms with E-state index >= 15 is 0 Å². The van der Waals surface area contributed by atoms with E-state index in [-0.39, 0.29) is 0 Å². The van der Waals surface area contributed by atoms with Gasteiger partial charge in [0.2, 0.25) is 0 Å². The Morgan fingerprint density at radius 2 is 2.27 bits per heavy atom. The van der Waals surface area contributed by atoms with Crippen molar-refractivity contribution in [3.8, 4) is 11.5 Å². The molecule has 0 amide bonds. The summed E-state index contributed by atoms with van der Waals surface area (Å²) in [6.45, 7) is 4.24. The predicted molar refractivity (Wildman–Crippen MR) is 86.6 cm³/mol. The molecule has 3 heterocycles. The lowest BCUT2D eigenvalue weighted by atomic mass is 10.1. The van der Waals surface area contributed by atoms with Gasteiger partial charge in [0.05, 0.1) is 6.20 Å². The number of rotatable bonds is 5. The van der Waals surface area contributed by atoms with Gasteiger partial charge in [-0.3, -0.25) is 4.98 Å². The Balaban J connectivity index is 1.86. The minimum atomic E-state index is 0.424. The van der Waals surface area contributed by atoms with Crippen LogP contribution in [0.5, 0.6) is 0 Å². The number of nitrogens with one attached hydrogen (secondary N) is 2. The fourth-order valence-electron chi connectivity index (χ4n) is 2.67. The molecular formula is C16H22N6. The highest BCUT2D eigenvalue weighted by Gasteiger charge is 2.15. The van der Waals surface area contributed by atoms with E-state index in [0.29, 0.717) is 17.6 Å². The molecule has 1 fully saturated rings. The molecule has 2 aromatic rings. The molecule has 116 valence electrons. The Morgan fingerprint density at radius 3 is 3.00 bits per heavy atom. The van der Waals surface area contributed by atoms with E-state index in [1.807, 2.05) is 0 Å². The molecule has 0 bridgehead atoms. The average Bonchev–Trinajstić information content (AvgIpc) is 2.57. The monoisotopic (exact) mass is 298 g/mol. The summed E-state index contributed by atoms with van der Waals surface area (Å²) < 4.78 is 0. The Bertz CT molecular complexity index is 595. The van der Waals surface area contributed by atoms with E-state index < -0.39 is 0 Å². The van der Waals surface area contributed by atoms with Gasteiger partial charge in [-0.1, -0.05) is 13.3 Å². The molecule has 1 saturated heterocycles. The van der Waals surface area contributed by atoms with E-state index in [2.05, 4.69) is 43.6 Å². The molecule has 2 aromatic heterocycles. The van der Waals surface area contributed by atoms with E-state index in [1.165, 1.54) is 12.8 Å². The lowest BCUT2D eigenvalue weighted by Crippen LogP contribution is -2.38. The third kappa shape index (κ3) is 3.76. The van der Waals surface area contributed by atoms with Crippen molar-refractivity contribution in [1.82, 2.24) is 25.3 Å². The number of aryl methyl sites for hydroxylation is 1. The van der Waals surface area contributed by atoms with Crippen LogP contribution in [0.15, 0.2) is 24.7 Å². The van der Waals surface area contributed by atoms with Crippen molar-refractivity contribution in [3.05, 3.63) is 30.4 Å². The molecular weight excluding hydrogens is 276 g/mol. The average molecular weight is 298 g/mol. The number of anilines is 1. The zero-order chi connectivity index (χ0) is 15.2. The molecule has 1 unspecified atom stereocenters.